The maximum Gasteiger partial charge on any atom is 0.293 e. The third-order valence-corrected chi connectivity index (χ3v) is 4.42. The summed E-state index contributed by atoms with van der Waals surface area (Å²) in [6.07, 6.45) is 7.37. The lowest BCUT2D eigenvalue weighted by molar-refractivity contribution is 0.418. The normalized spacial score (nSPS) is 18.2. The molecule has 1 aliphatic heterocycles. The fraction of sp³-hybridized carbons (Fsp3) is 0.471. The van der Waals surface area contributed by atoms with Crippen molar-refractivity contribution in [2.45, 2.75) is 32.4 Å². The number of anilines is 1. The maximum atomic E-state index is 12.2. The molecule has 1 atom stereocenters. The minimum Gasteiger partial charge on any atom is -0.350 e. The van der Waals surface area contributed by atoms with Crippen molar-refractivity contribution in [3.8, 4) is 0 Å². The predicted octanol–water partition coefficient (Wildman–Crippen LogP) is 1.24. The molecule has 0 aliphatic carbocycles. The highest BCUT2D eigenvalue weighted by molar-refractivity contribution is 5.36. The molecule has 1 aliphatic rings. The fourth-order valence-corrected chi connectivity index (χ4v) is 3.00. The predicted molar refractivity (Wildman–Crippen MR) is 90.5 cm³/mol. The smallest absolute Gasteiger partial charge is 0.293 e. The molecule has 0 bridgehead atoms. The third kappa shape index (κ3) is 3.59. The van der Waals surface area contributed by atoms with Gasteiger partial charge in [-0.1, -0.05) is 6.07 Å². The van der Waals surface area contributed by atoms with Crippen LogP contribution in [0, 0.1) is 6.92 Å². The van der Waals surface area contributed by atoms with E-state index in [1.165, 1.54) is 5.56 Å². The number of aromatic nitrogens is 3. The first-order valence-electron chi connectivity index (χ1n) is 8.05. The van der Waals surface area contributed by atoms with Crippen LogP contribution in [0.25, 0.3) is 0 Å². The van der Waals surface area contributed by atoms with Crippen LogP contribution >= 0.6 is 0 Å². The lowest BCUT2D eigenvalue weighted by atomic mass is 10.1. The Morgan fingerprint density at radius 2 is 2.22 bits per heavy atom. The average molecular weight is 313 g/mol. The van der Waals surface area contributed by atoms with Crippen LogP contribution in [-0.2, 0) is 13.6 Å². The van der Waals surface area contributed by atoms with Crippen molar-refractivity contribution >= 4 is 5.82 Å². The van der Waals surface area contributed by atoms with Gasteiger partial charge in [0.2, 0.25) is 0 Å². The molecule has 6 nitrogen and oxygen atoms in total. The summed E-state index contributed by atoms with van der Waals surface area (Å²) in [5.74, 6) is 0.555. The summed E-state index contributed by atoms with van der Waals surface area (Å²) in [7, 11) is 1.76. The van der Waals surface area contributed by atoms with Gasteiger partial charge in [0.1, 0.15) is 0 Å². The molecule has 1 N–H and O–H groups in total. The summed E-state index contributed by atoms with van der Waals surface area (Å²) >= 11 is 0. The molecular formula is C17H23N5O. The molecule has 1 fully saturated rings. The number of pyridine rings is 1. The molecule has 23 heavy (non-hydrogen) atoms. The van der Waals surface area contributed by atoms with Crippen molar-refractivity contribution in [1.82, 2.24) is 19.9 Å². The van der Waals surface area contributed by atoms with E-state index in [1.54, 1.807) is 24.0 Å². The van der Waals surface area contributed by atoms with Gasteiger partial charge in [-0.3, -0.25) is 9.78 Å². The number of piperidine rings is 1. The van der Waals surface area contributed by atoms with Gasteiger partial charge in [-0.15, -0.1) is 0 Å². The largest absolute Gasteiger partial charge is 0.350 e. The van der Waals surface area contributed by atoms with Gasteiger partial charge < -0.3 is 14.8 Å². The lowest BCUT2D eigenvalue weighted by Gasteiger charge is -2.33. The molecule has 0 unspecified atom stereocenters. The van der Waals surface area contributed by atoms with Gasteiger partial charge in [0.15, 0.2) is 5.82 Å². The minimum absolute atomic E-state index is 0.0312. The van der Waals surface area contributed by atoms with E-state index in [1.807, 2.05) is 19.2 Å². The van der Waals surface area contributed by atoms with E-state index in [2.05, 4.69) is 26.3 Å². The number of nitrogens with one attached hydrogen (secondary N) is 1. The zero-order valence-corrected chi connectivity index (χ0v) is 13.7. The lowest BCUT2D eigenvalue weighted by Crippen LogP contribution is -2.47. The number of nitrogens with zero attached hydrogens (tertiary/aromatic N) is 4. The Morgan fingerprint density at radius 1 is 1.35 bits per heavy atom. The second kappa shape index (κ2) is 6.91. The van der Waals surface area contributed by atoms with Crippen molar-refractivity contribution in [3.05, 3.63) is 52.3 Å². The van der Waals surface area contributed by atoms with Crippen molar-refractivity contribution in [1.29, 1.82) is 0 Å². The van der Waals surface area contributed by atoms with Crippen LogP contribution in [0.4, 0.5) is 5.82 Å². The number of rotatable bonds is 4. The quantitative estimate of drug-likeness (QED) is 0.920. The SMILES string of the molecule is Cc1ncccc1CN[C@@H]1CCCN(c2nccn(C)c2=O)C1. The van der Waals surface area contributed by atoms with Crippen LogP contribution in [0.5, 0.6) is 0 Å². The average Bonchev–Trinajstić information content (AvgIpc) is 2.57. The zero-order chi connectivity index (χ0) is 16.2. The molecule has 3 rings (SSSR count). The Morgan fingerprint density at radius 3 is 3.04 bits per heavy atom. The molecule has 0 aromatic carbocycles. The molecule has 2 aromatic heterocycles. The van der Waals surface area contributed by atoms with E-state index in [9.17, 15) is 4.79 Å². The van der Waals surface area contributed by atoms with Crippen molar-refractivity contribution in [2.24, 2.45) is 7.05 Å². The molecule has 0 radical (unpaired) electrons. The second-order valence-electron chi connectivity index (χ2n) is 6.08. The van der Waals surface area contributed by atoms with Crippen LogP contribution in [-0.4, -0.2) is 33.7 Å². The van der Waals surface area contributed by atoms with Crippen LogP contribution < -0.4 is 15.8 Å². The highest BCUT2D eigenvalue weighted by Gasteiger charge is 2.22. The monoisotopic (exact) mass is 313 g/mol. The number of hydrogen-bond donors (Lipinski definition) is 1. The van der Waals surface area contributed by atoms with Gasteiger partial charge in [0.05, 0.1) is 0 Å². The minimum atomic E-state index is -0.0312. The van der Waals surface area contributed by atoms with Gasteiger partial charge in [-0.25, -0.2) is 4.98 Å². The molecule has 122 valence electrons. The maximum absolute atomic E-state index is 12.2. The van der Waals surface area contributed by atoms with E-state index >= 15 is 0 Å². The summed E-state index contributed by atoms with van der Waals surface area (Å²) < 4.78 is 1.58. The third-order valence-electron chi connectivity index (χ3n) is 4.42. The zero-order valence-electron chi connectivity index (χ0n) is 13.7. The van der Waals surface area contributed by atoms with E-state index in [0.717, 1.165) is 38.2 Å². The first-order chi connectivity index (χ1) is 11.1. The molecular weight excluding hydrogens is 290 g/mol. The van der Waals surface area contributed by atoms with Gasteiger partial charge in [0.25, 0.3) is 5.56 Å². The van der Waals surface area contributed by atoms with E-state index in [4.69, 9.17) is 0 Å². The van der Waals surface area contributed by atoms with Crippen LogP contribution in [0.3, 0.4) is 0 Å². The summed E-state index contributed by atoms with van der Waals surface area (Å²) in [6, 6.07) is 4.43. The molecule has 0 amide bonds. The second-order valence-corrected chi connectivity index (χ2v) is 6.08. The molecule has 0 saturated carbocycles. The fourth-order valence-electron chi connectivity index (χ4n) is 3.00. The van der Waals surface area contributed by atoms with Gasteiger partial charge in [-0.2, -0.15) is 0 Å². The first-order valence-corrected chi connectivity index (χ1v) is 8.05. The molecule has 3 heterocycles. The Bertz CT molecular complexity index is 727. The molecule has 6 heteroatoms. The highest BCUT2D eigenvalue weighted by atomic mass is 16.1. The number of aryl methyl sites for hydroxylation is 2. The molecule has 0 spiro atoms. The van der Waals surface area contributed by atoms with E-state index in [0.29, 0.717) is 11.9 Å². The van der Waals surface area contributed by atoms with Gasteiger partial charge in [0, 0.05) is 57.0 Å². The Kier molecular flexibility index (Phi) is 4.71. The van der Waals surface area contributed by atoms with Crippen LogP contribution in [0.15, 0.2) is 35.5 Å². The van der Waals surface area contributed by atoms with Gasteiger partial charge >= 0.3 is 0 Å². The highest BCUT2D eigenvalue weighted by Crippen LogP contribution is 2.15. The topological polar surface area (TPSA) is 63.1 Å². The van der Waals surface area contributed by atoms with Crippen LogP contribution in [0.1, 0.15) is 24.1 Å². The van der Waals surface area contributed by atoms with E-state index < -0.39 is 0 Å². The first kappa shape index (κ1) is 15.7. The van der Waals surface area contributed by atoms with Crippen molar-refractivity contribution < 1.29 is 0 Å². The summed E-state index contributed by atoms with van der Waals surface area (Å²) in [4.78, 5) is 22.9. The summed E-state index contributed by atoms with van der Waals surface area (Å²) in [5, 5.41) is 3.59. The van der Waals surface area contributed by atoms with E-state index in [-0.39, 0.29) is 5.56 Å². The van der Waals surface area contributed by atoms with Gasteiger partial charge in [-0.05, 0) is 31.4 Å². The standard InChI is InChI=1S/C17H23N5O/c1-13-14(5-3-7-18-13)11-20-15-6-4-9-22(12-15)16-17(23)21(2)10-8-19-16/h3,5,7-8,10,15,20H,4,6,9,11-12H2,1-2H3/t15-/m1/s1. The van der Waals surface area contributed by atoms with Crippen molar-refractivity contribution in [3.63, 3.8) is 0 Å². The summed E-state index contributed by atoms with van der Waals surface area (Å²) in [5.41, 5.74) is 2.25. The Hall–Kier alpha value is -2.21. The van der Waals surface area contributed by atoms with Crippen molar-refractivity contribution in [2.75, 3.05) is 18.0 Å². The molecule has 2 aromatic rings. The summed E-state index contributed by atoms with van der Waals surface area (Å²) in [6.45, 7) is 4.53. The Balaban J connectivity index is 1.66. The molecule has 1 saturated heterocycles. The Labute approximate surface area is 136 Å². The van der Waals surface area contributed by atoms with Crippen LogP contribution in [0.2, 0.25) is 0 Å². The number of hydrogen-bond acceptors (Lipinski definition) is 5.